The van der Waals surface area contributed by atoms with Crippen LogP contribution in [-0.2, 0) is 5.41 Å². The Morgan fingerprint density at radius 3 is 2.19 bits per heavy atom. The molecule has 0 bridgehead atoms. The second-order valence-electron chi connectivity index (χ2n) is 4.25. The molecule has 1 unspecified atom stereocenters. The van der Waals surface area contributed by atoms with Gasteiger partial charge in [0.05, 0.1) is 0 Å². The molecule has 0 radical (unpaired) electrons. The van der Waals surface area contributed by atoms with Gasteiger partial charge in [0, 0.05) is 5.41 Å². The van der Waals surface area contributed by atoms with Gasteiger partial charge in [0.2, 0.25) is 0 Å². The van der Waals surface area contributed by atoms with Gasteiger partial charge in [-0.05, 0) is 17.7 Å². The second kappa shape index (κ2) is 4.05. The van der Waals surface area contributed by atoms with Crippen molar-refractivity contribution in [1.29, 1.82) is 0 Å². The third-order valence-electron chi connectivity index (χ3n) is 2.70. The van der Waals surface area contributed by atoms with E-state index >= 15 is 0 Å². The average molecular weight is 235 g/mol. The first-order chi connectivity index (χ1) is 7.15. The standard InChI is InChI=1S/C11H13F4N/c1-10(2,9(16)11(13,14)15)7-4-3-5-8(12)6-7/h3-6,9H,16H2,1-2H3. The highest BCUT2D eigenvalue weighted by atomic mass is 19.4. The molecular weight excluding hydrogens is 222 g/mol. The van der Waals surface area contributed by atoms with E-state index in [1.165, 1.54) is 32.0 Å². The zero-order valence-corrected chi connectivity index (χ0v) is 8.98. The third kappa shape index (κ3) is 2.52. The third-order valence-corrected chi connectivity index (χ3v) is 2.70. The van der Waals surface area contributed by atoms with E-state index in [-0.39, 0.29) is 5.56 Å². The lowest BCUT2D eigenvalue weighted by Crippen LogP contribution is -2.51. The summed E-state index contributed by atoms with van der Waals surface area (Å²) in [6.07, 6.45) is -4.50. The van der Waals surface area contributed by atoms with E-state index in [2.05, 4.69) is 0 Å². The van der Waals surface area contributed by atoms with Crippen LogP contribution in [0.5, 0.6) is 0 Å². The fourth-order valence-corrected chi connectivity index (χ4v) is 1.48. The SMILES string of the molecule is CC(C)(c1cccc(F)c1)C(N)C(F)(F)F. The van der Waals surface area contributed by atoms with E-state index in [9.17, 15) is 17.6 Å². The highest BCUT2D eigenvalue weighted by Gasteiger charge is 2.47. The van der Waals surface area contributed by atoms with Crippen molar-refractivity contribution in [1.82, 2.24) is 0 Å². The number of hydrogen-bond acceptors (Lipinski definition) is 1. The number of halogens is 4. The topological polar surface area (TPSA) is 26.0 Å². The van der Waals surface area contributed by atoms with Crippen molar-refractivity contribution in [3.63, 3.8) is 0 Å². The lowest BCUT2D eigenvalue weighted by Gasteiger charge is -2.33. The first-order valence-electron chi connectivity index (χ1n) is 4.74. The molecule has 1 aromatic rings. The minimum absolute atomic E-state index is 0.234. The van der Waals surface area contributed by atoms with Crippen molar-refractivity contribution in [2.75, 3.05) is 0 Å². The van der Waals surface area contributed by atoms with Crippen molar-refractivity contribution >= 4 is 0 Å². The van der Waals surface area contributed by atoms with Gasteiger partial charge in [-0.25, -0.2) is 4.39 Å². The zero-order valence-electron chi connectivity index (χ0n) is 8.98. The van der Waals surface area contributed by atoms with Crippen LogP contribution in [0.25, 0.3) is 0 Å². The Morgan fingerprint density at radius 1 is 1.19 bits per heavy atom. The van der Waals surface area contributed by atoms with Gasteiger partial charge in [0.15, 0.2) is 0 Å². The maximum absolute atomic E-state index is 12.9. The van der Waals surface area contributed by atoms with Gasteiger partial charge < -0.3 is 5.73 Å². The first-order valence-corrected chi connectivity index (χ1v) is 4.74. The van der Waals surface area contributed by atoms with E-state index in [1.807, 2.05) is 0 Å². The molecule has 5 heteroatoms. The molecule has 1 rings (SSSR count). The van der Waals surface area contributed by atoms with Crippen molar-refractivity contribution in [3.8, 4) is 0 Å². The molecular formula is C11H13F4N. The van der Waals surface area contributed by atoms with E-state index < -0.39 is 23.5 Å². The molecule has 0 heterocycles. The maximum Gasteiger partial charge on any atom is 0.404 e. The van der Waals surface area contributed by atoms with E-state index in [0.29, 0.717) is 0 Å². The Balaban J connectivity index is 3.11. The van der Waals surface area contributed by atoms with Crippen LogP contribution in [0, 0.1) is 5.82 Å². The van der Waals surface area contributed by atoms with Crippen molar-refractivity contribution < 1.29 is 17.6 Å². The molecule has 1 nitrogen and oxygen atoms in total. The molecule has 0 aromatic heterocycles. The van der Waals surface area contributed by atoms with Crippen LogP contribution in [0.1, 0.15) is 19.4 Å². The second-order valence-corrected chi connectivity index (χ2v) is 4.25. The van der Waals surface area contributed by atoms with Crippen LogP contribution in [0.3, 0.4) is 0 Å². The molecule has 1 atom stereocenters. The van der Waals surface area contributed by atoms with Crippen molar-refractivity contribution in [2.45, 2.75) is 31.5 Å². The predicted molar refractivity (Wildman–Crippen MR) is 53.5 cm³/mol. The molecule has 2 N–H and O–H groups in total. The van der Waals surface area contributed by atoms with Crippen LogP contribution < -0.4 is 5.73 Å². The average Bonchev–Trinajstić information content (AvgIpc) is 2.15. The highest BCUT2D eigenvalue weighted by molar-refractivity contribution is 5.27. The van der Waals surface area contributed by atoms with Crippen LogP contribution in [0.15, 0.2) is 24.3 Å². The normalized spacial score (nSPS) is 14.9. The summed E-state index contributed by atoms with van der Waals surface area (Å²) in [5.74, 6) is -0.569. The Morgan fingerprint density at radius 2 is 1.75 bits per heavy atom. The number of nitrogens with two attached hydrogens (primary N) is 1. The zero-order chi connectivity index (χ0) is 12.6. The molecule has 0 spiro atoms. The van der Waals surface area contributed by atoms with Gasteiger partial charge in [-0.1, -0.05) is 26.0 Å². The van der Waals surface area contributed by atoms with E-state index in [1.54, 1.807) is 0 Å². The van der Waals surface area contributed by atoms with Crippen LogP contribution in [0.4, 0.5) is 17.6 Å². The summed E-state index contributed by atoms with van der Waals surface area (Å²) in [7, 11) is 0. The molecule has 0 aliphatic rings. The number of rotatable bonds is 2. The minimum atomic E-state index is -4.50. The molecule has 16 heavy (non-hydrogen) atoms. The van der Waals surface area contributed by atoms with Gasteiger partial charge in [0.1, 0.15) is 11.9 Å². The largest absolute Gasteiger partial charge is 0.404 e. The summed E-state index contributed by atoms with van der Waals surface area (Å²) in [5.41, 5.74) is 4.04. The maximum atomic E-state index is 12.9. The van der Waals surface area contributed by atoms with Crippen LogP contribution in [0.2, 0.25) is 0 Å². The number of alkyl halides is 3. The summed E-state index contributed by atoms with van der Waals surface area (Å²) in [6.45, 7) is 2.69. The Bertz CT molecular complexity index is 370. The molecule has 0 aliphatic carbocycles. The molecule has 1 aromatic carbocycles. The fraction of sp³-hybridized carbons (Fsp3) is 0.455. The van der Waals surface area contributed by atoms with Gasteiger partial charge in [-0.2, -0.15) is 13.2 Å². The quantitative estimate of drug-likeness (QED) is 0.783. The molecule has 0 saturated carbocycles. The summed E-state index contributed by atoms with van der Waals surface area (Å²) in [6, 6.07) is 3.04. The van der Waals surface area contributed by atoms with E-state index in [0.717, 1.165) is 6.07 Å². The lowest BCUT2D eigenvalue weighted by molar-refractivity contribution is -0.160. The highest BCUT2D eigenvalue weighted by Crippen LogP contribution is 2.35. The number of benzene rings is 1. The van der Waals surface area contributed by atoms with Crippen molar-refractivity contribution in [2.24, 2.45) is 5.73 Å². The lowest BCUT2D eigenvalue weighted by atomic mass is 9.78. The molecule has 0 amide bonds. The summed E-state index contributed by atoms with van der Waals surface area (Å²) in [5, 5.41) is 0. The Labute approximate surface area is 91.3 Å². The molecule has 0 saturated heterocycles. The summed E-state index contributed by atoms with van der Waals surface area (Å²) < 4.78 is 50.5. The van der Waals surface area contributed by atoms with Crippen LogP contribution in [-0.4, -0.2) is 12.2 Å². The smallest absolute Gasteiger partial charge is 0.319 e. The minimum Gasteiger partial charge on any atom is -0.319 e. The fourth-order valence-electron chi connectivity index (χ4n) is 1.48. The summed E-state index contributed by atoms with van der Waals surface area (Å²) in [4.78, 5) is 0. The Hall–Kier alpha value is -1.10. The van der Waals surface area contributed by atoms with Gasteiger partial charge in [-0.15, -0.1) is 0 Å². The number of hydrogen-bond donors (Lipinski definition) is 1. The Kier molecular flexibility index (Phi) is 3.28. The van der Waals surface area contributed by atoms with Crippen LogP contribution >= 0.6 is 0 Å². The monoisotopic (exact) mass is 235 g/mol. The molecule has 90 valence electrons. The predicted octanol–water partition coefficient (Wildman–Crippen LogP) is 2.99. The van der Waals surface area contributed by atoms with E-state index in [4.69, 9.17) is 5.73 Å². The summed E-state index contributed by atoms with van der Waals surface area (Å²) >= 11 is 0. The molecule has 0 fully saturated rings. The first kappa shape index (κ1) is 13.0. The van der Waals surface area contributed by atoms with Gasteiger partial charge in [0.25, 0.3) is 0 Å². The van der Waals surface area contributed by atoms with Gasteiger partial charge in [-0.3, -0.25) is 0 Å². The molecule has 0 aliphatic heterocycles. The van der Waals surface area contributed by atoms with Gasteiger partial charge >= 0.3 is 6.18 Å². The van der Waals surface area contributed by atoms with Crippen molar-refractivity contribution in [3.05, 3.63) is 35.6 Å².